The Balaban J connectivity index is 1.29. The monoisotopic (exact) mass is 498 g/mol. The second kappa shape index (κ2) is 10.1. The highest BCUT2D eigenvalue weighted by Crippen LogP contribution is 2.29. The van der Waals surface area contributed by atoms with E-state index >= 15 is 0 Å². The Morgan fingerprint density at radius 1 is 1.03 bits per heavy atom. The number of benzene rings is 2. The van der Waals surface area contributed by atoms with E-state index in [-0.39, 0.29) is 17.8 Å². The molecule has 1 saturated carbocycles. The second-order valence-corrected chi connectivity index (χ2v) is 9.61. The van der Waals surface area contributed by atoms with Crippen molar-refractivity contribution in [1.29, 1.82) is 0 Å². The van der Waals surface area contributed by atoms with Crippen molar-refractivity contribution in [2.75, 3.05) is 12.3 Å². The molecule has 0 saturated heterocycles. The highest BCUT2D eigenvalue weighted by Gasteiger charge is 2.18. The fourth-order valence-corrected chi connectivity index (χ4v) is 4.62. The number of aromatic nitrogens is 4. The van der Waals surface area contributed by atoms with Gasteiger partial charge in [-0.2, -0.15) is 15.0 Å². The summed E-state index contributed by atoms with van der Waals surface area (Å²) < 4.78 is 13.6. The maximum Gasteiger partial charge on any atom is 0.320 e. The largest absolute Gasteiger partial charge is 0.480 e. The smallest absolute Gasteiger partial charge is 0.320 e. The number of nitrogens with zero attached hydrogens (tertiary/aromatic N) is 4. The normalized spacial score (nSPS) is 16.6. The molecule has 9 nitrogen and oxygen atoms in total. The third-order valence-electron chi connectivity index (χ3n) is 6.84. The molecule has 0 unspecified atom stereocenters. The summed E-state index contributed by atoms with van der Waals surface area (Å²) in [6.07, 6.45) is 9.52. The second-order valence-electron chi connectivity index (χ2n) is 9.61. The number of aromatic hydroxyl groups is 1. The van der Waals surface area contributed by atoms with Crippen molar-refractivity contribution in [2.24, 2.45) is 0 Å². The number of rotatable bonds is 5. The molecule has 37 heavy (non-hydrogen) atoms. The molecule has 0 spiro atoms. The summed E-state index contributed by atoms with van der Waals surface area (Å²) in [5, 5.41) is 14.2. The Labute approximate surface area is 215 Å². The number of hydrogen-bond acceptors (Lipinski definition) is 8. The van der Waals surface area contributed by atoms with Gasteiger partial charge in [0, 0.05) is 12.6 Å². The van der Waals surface area contributed by atoms with Crippen LogP contribution in [0.4, 0.5) is 5.82 Å². The van der Waals surface area contributed by atoms with Gasteiger partial charge in [0.05, 0.1) is 13.2 Å². The van der Waals surface area contributed by atoms with E-state index in [4.69, 9.17) is 15.2 Å². The molecule has 1 aliphatic carbocycles. The van der Waals surface area contributed by atoms with Crippen molar-refractivity contribution in [3.8, 4) is 23.5 Å². The van der Waals surface area contributed by atoms with Crippen LogP contribution < -0.4 is 20.5 Å². The van der Waals surface area contributed by atoms with Gasteiger partial charge in [-0.25, -0.2) is 0 Å². The highest BCUT2D eigenvalue weighted by molar-refractivity contribution is 5.83. The lowest BCUT2D eigenvalue weighted by molar-refractivity contribution is 0.300. The number of anilines is 1. The molecular formula is C28H30N6O3. The van der Waals surface area contributed by atoms with Crippen LogP contribution in [-0.2, 0) is 19.5 Å². The minimum atomic E-state index is -0.181. The van der Waals surface area contributed by atoms with E-state index in [1.165, 1.54) is 24.8 Å². The molecule has 4 bridgehead atoms. The number of allylic oxidation sites excluding steroid dienone is 1. The Kier molecular flexibility index (Phi) is 6.36. The zero-order valence-electron chi connectivity index (χ0n) is 20.6. The minimum Gasteiger partial charge on any atom is -0.480 e. The lowest BCUT2D eigenvalue weighted by Gasteiger charge is -2.26. The first-order chi connectivity index (χ1) is 18.1. The van der Waals surface area contributed by atoms with E-state index in [0.29, 0.717) is 36.8 Å². The average Bonchev–Trinajstić information content (AvgIpc) is 3.16. The molecule has 1 fully saturated rings. The SMILES string of the molecule is Nc1nc2nc3c1nc(O)n3Cc1cc(cc(Oc3ccc(CNC4CCC4)cc3)c1)C/C=C/CCO2. The molecule has 1 aliphatic heterocycles. The number of nitrogens with one attached hydrogen (secondary N) is 1. The van der Waals surface area contributed by atoms with Crippen LogP contribution in [0.2, 0.25) is 0 Å². The van der Waals surface area contributed by atoms with Gasteiger partial charge in [0.1, 0.15) is 11.5 Å². The summed E-state index contributed by atoms with van der Waals surface area (Å²) in [6, 6.07) is 15.0. The number of nitrogen functional groups attached to an aromatic ring is 1. The fourth-order valence-electron chi connectivity index (χ4n) is 4.62. The molecule has 0 amide bonds. The van der Waals surface area contributed by atoms with Crippen molar-refractivity contribution in [3.05, 3.63) is 71.3 Å². The van der Waals surface area contributed by atoms with Crippen LogP contribution in [0.5, 0.6) is 23.5 Å². The van der Waals surface area contributed by atoms with Crippen LogP contribution in [0.3, 0.4) is 0 Å². The summed E-state index contributed by atoms with van der Waals surface area (Å²) >= 11 is 0. The predicted molar refractivity (Wildman–Crippen MR) is 141 cm³/mol. The van der Waals surface area contributed by atoms with Gasteiger partial charge in [0.2, 0.25) is 0 Å². The van der Waals surface area contributed by atoms with Crippen LogP contribution in [0.1, 0.15) is 42.4 Å². The van der Waals surface area contributed by atoms with E-state index in [2.05, 4.69) is 50.6 Å². The zero-order valence-corrected chi connectivity index (χ0v) is 20.6. The van der Waals surface area contributed by atoms with Crippen LogP contribution in [0, 0.1) is 0 Å². The van der Waals surface area contributed by atoms with Gasteiger partial charge in [0.25, 0.3) is 6.01 Å². The molecule has 2 aliphatic rings. The molecule has 9 heteroatoms. The van der Waals surface area contributed by atoms with Crippen LogP contribution >= 0.6 is 0 Å². The van der Waals surface area contributed by atoms with Crippen LogP contribution in [0.15, 0.2) is 54.6 Å². The van der Waals surface area contributed by atoms with Gasteiger partial charge in [0.15, 0.2) is 17.0 Å². The molecule has 2 aromatic heterocycles. The summed E-state index contributed by atoms with van der Waals surface area (Å²) in [6.45, 7) is 1.63. The Morgan fingerprint density at radius 3 is 2.68 bits per heavy atom. The zero-order chi connectivity index (χ0) is 25.2. The number of hydrogen-bond donors (Lipinski definition) is 3. The van der Waals surface area contributed by atoms with Gasteiger partial charge in [-0.3, -0.25) is 4.57 Å². The standard InChI is InChI=1S/C28H30N6O3/c29-25-24-26-33-27(32-25)36-12-3-1-2-5-19-13-20(17-34(26)28(35)31-24)15-23(14-19)37-22-10-8-18(9-11-22)16-30-21-6-4-7-21/h1-2,8-11,13-15,21,30H,3-7,12,16-17H2,(H,31,35)(H2,29,32,33)/b2-1+. The summed E-state index contributed by atoms with van der Waals surface area (Å²) in [5.74, 6) is 1.68. The first kappa shape index (κ1) is 23.3. The van der Waals surface area contributed by atoms with Crippen molar-refractivity contribution in [2.45, 2.75) is 51.2 Å². The van der Waals surface area contributed by atoms with Gasteiger partial charge in [-0.15, -0.1) is 0 Å². The minimum absolute atomic E-state index is 0.167. The van der Waals surface area contributed by atoms with Crippen LogP contribution in [-0.4, -0.2) is 37.3 Å². The summed E-state index contributed by atoms with van der Waals surface area (Å²) in [4.78, 5) is 12.8. The van der Waals surface area contributed by atoms with Gasteiger partial charge in [-0.05, 0) is 66.6 Å². The molecule has 4 N–H and O–H groups in total. The summed E-state index contributed by atoms with van der Waals surface area (Å²) in [7, 11) is 0. The number of imidazole rings is 1. The van der Waals surface area contributed by atoms with Crippen molar-refractivity contribution >= 4 is 17.0 Å². The molecule has 190 valence electrons. The van der Waals surface area contributed by atoms with E-state index < -0.39 is 0 Å². The third kappa shape index (κ3) is 5.22. The quantitative estimate of drug-likeness (QED) is 0.345. The number of ether oxygens (including phenoxy) is 2. The Morgan fingerprint density at radius 2 is 1.86 bits per heavy atom. The topological polar surface area (TPSA) is 120 Å². The third-order valence-corrected chi connectivity index (χ3v) is 6.84. The summed E-state index contributed by atoms with van der Waals surface area (Å²) in [5.41, 5.74) is 10.1. The maximum absolute atomic E-state index is 10.6. The van der Waals surface area contributed by atoms with Crippen LogP contribution in [0.25, 0.3) is 11.2 Å². The first-order valence-electron chi connectivity index (χ1n) is 12.7. The van der Waals surface area contributed by atoms with E-state index in [0.717, 1.165) is 35.6 Å². The highest BCUT2D eigenvalue weighted by atomic mass is 16.5. The predicted octanol–water partition coefficient (Wildman–Crippen LogP) is 4.48. The molecule has 3 heterocycles. The van der Waals surface area contributed by atoms with Crippen molar-refractivity contribution in [3.63, 3.8) is 0 Å². The molecule has 6 rings (SSSR count). The molecule has 2 aromatic carbocycles. The van der Waals surface area contributed by atoms with Crippen molar-refractivity contribution < 1.29 is 14.6 Å². The van der Waals surface area contributed by atoms with Crippen molar-refractivity contribution in [1.82, 2.24) is 24.8 Å². The molecule has 0 radical (unpaired) electrons. The maximum atomic E-state index is 10.6. The molecule has 4 aromatic rings. The van der Waals surface area contributed by atoms with E-state index in [1.54, 1.807) is 4.57 Å². The fraction of sp³-hybridized carbons (Fsp3) is 0.321. The van der Waals surface area contributed by atoms with E-state index in [1.807, 2.05) is 24.3 Å². The van der Waals surface area contributed by atoms with E-state index in [9.17, 15) is 5.11 Å². The number of fused-ring (bicyclic) bond motifs is 3. The number of nitrogens with two attached hydrogens (primary N) is 1. The van der Waals surface area contributed by atoms with Gasteiger partial charge in [-0.1, -0.05) is 36.8 Å². The molecule has 0 atom stereocenters. The Hall–Kier alpha value is -4.11. The first-order valence-corrected chi connectivity index (χ1v) is 12.7. The van der Waals surface area contributed by atoms with Gasteiger partial charge < -0.3 is 25.6 Å². The average molecular weight is 499 g/mol. The van der Waals surface area contributed by atoms with Gasteiger partial charge >= 0.3 is 6.01 Å². The Bertz CT molecular complexity index is 1440. The lowest BCUT2D eigenvalue weighted by Crippen LogP contribution is -2.34. The molecular weight excluding hydrogens is 468 g/mol. The lowest BCUT2D eigenvalue weighted by atomic mass is 9.93.